The van der Waals surface area contributed by atoms with E-state index in [0.29, 0.717) is 48.7 Å². The zero-order valence-corrected chi connectivity index (χ0v) is 23.8. The fourth-order valence-electron chi connectivity index (χ4n) is 4.95. The minimum atomic E-state index is -0.812. The number of nitrogens with one attached hydrogen (secondary N) is 2. The zero-order chi connectivity index (χ0) is 28.4. The van der Waals surface area contributed by atoms with E-state index < -0.39 is 5.60 Å². The Hall–Kier alpha value is -3.80. The smallest absolute Gasteiger partial charge is 0.268 e. The van der Waals surface area contributed by atoms with Crippen LogP contribution >= 0.6 is 11.3 Å². The summed E-state index contributed by atoms with van der Waals surface area (Å²) in [6.07, 6.45) is 4.77. The van der Waals surface area contributed by atoms with Crippen molar-refractivity contribution in [2.75, 3.05) is 18.4 Å². The summed E-state index contributed by atoms with van der Waals surface area (Å²) >= 11 is 1.32. The van der Waals surface area contributed by atoms with E-state index in [-0.39, 0.29) is 17.9 Å². The summed E-state index contributed by atoms with van der Waals surface area (Å²) in [5, 5.41) is 16.3. The van der Waals surface area contributed by atoms with Crippen molar-refractivity contribution in [3.8, 4) is 10.6 Å². The number of oxazole rings is 1. The van der Waals surface area contributed by atoms with Crippen LogP contribution in [0, 0.1) is 6.92 Å². The van der Waals surface area contributed by atoms with E-state index in [1.807, 2.05) is 33.7 Å². The quantitative estimate of drug-likeness (QED) is 0.245. The number of fused-ring (bicyclic) bond motifs is 1. The monoisotopic (exact) mass is 562 g/mol. The molecular weight excluding hydrogens is 528 g/mol. The van der Waals surface area contributed by atoms with Gasteiger partial charge in [0, 0.05) is 33.1 Å². The second kappa shape index (κ2) is 11.4. The lowest BCUT2D eigenvalue weighted by molar-refractivity contribution is -0.126. The highest BCUT2D eigenvalue weighted by molar-refractivity contribution is 7.17. The number of carbonyl (C=O) groups is 2. The Bertz CT molecular complexity index is 1550. The number of aromatic nitrogens is 3. The first-order valence-electron chi connectivity index (χ1n) is 13.3. The molecule has 3 N–H and O–H groups in total. The summed E-state index contributed by atoms with van der Waals surface area (Å²) in [4.78, 5) is 37.9. The SMILES string of the molecule is C=CC(=O)N1CCC[C@@H]1Cn1c(NC(=O)c2ccc(-c3cnc(C)o3)s2)nc2cc(CNCC(C)(C)O)ccc21. The summed E-state index contributed by atoms with van der Waals surface area (Å²) in [5.41, 5.74) is 1.80. The normalized spacial score (nSPS) is 15.6. The number of likely N-dealkylation sites (tertiary alicyclic amines) is 1. The molecule has 0 spiro atoms. The molecule has 0 bridgehead atoms. The highest BCUT2D eigenvalue weighted by atomic mass is 32.1. The van der Waals surface area contributed by atoms with Crippen LogP contribution in [0.1, 0.15) is 47.8 Å². The van der Waals surface area contributed by atoms with Gasteiger partial charge < -0.3 is 24.3 Å². The third-order valence-electron chi connectivity index (χ3n) is 6.85. The molecule has 0 radical (unpaired) electrons. The van der Waals surface area contributed by atoms with Crippen molar-refractivity contribution in [1.82, 2.24) is 24.8 Å². The standard InChI is InChI=1S/C29H34N6O4S/c1-5-26(36)34-12-6-7-20(34)16-35-22-9-8-19(14-30-17-29(3,4)38)13-21(22)32-28(35)33-27(37)25-11-10-24(40-25)23-15-31-18(2)39-23/h5,8-11,13,15,20,30,38H,1,6-7,12,14,16-17H2,2-4H3,(H,32,33,37)/t20-/m1/s1. The minimum absolute atomic E-state index is 0.0327. The molecule has 1 fully saturated rings. The van der Waals surface area contributed by atoms with Crippen LogP contribution in [0.2, 0.25) is 0 Å². The number of thiophene rings is 1. The number of carbonyl (C=O) groups excluding carboxylic acids is 2. The van der Waals surface area contributed by atoms with Crippen LogP contribution < -0.4 is 10.6 Å². The molecule has 40 heavy (non-hydrogen) atoms. The first-order chi connectivity index (χ1) is 19.1. The topological polar surface area (TPSA) is 126 Å². The van der Waals surface area contributed by atoms with Gasteiger partial charge in [0.25, 0.3) is 5.91 Å². The van der Waals surface area contributed by atoms with Gasteiger partial charge in [-0.25, -0.2) is 9.97 Å². The minimum Gasteiger partial charge on any atom is -0.440 e. The van der Waals surface area contributed by atoms with E-state index in [2.05, 4.69) is 22.2 Å². The lowest BCUT2D eigenvalue weighted by Crippen LogP contribution is -2.37. The van der Waals surface area contributed by atoms with Crippen molar-refractivity contribution >= 4 is 40.1 Å². The molecule has 3 aromatic heterocycles. The number of nitrogens with zero attached hydrogens (tertiary/aromatic N) is 4. The summed E-state index contributed by atoms with van der Waals surface area (Å²) < 4.78 is 7.58. The first-order valence-corrected chi connectivity index (χ1v) is 14.1. The van der Waals surface area contributed by atoms with Crippen LogP contribution in [0.4, 0.5) is 5.95 Å². The highest BCUT2D eigenvalue weighted by Crippen LogP contribution is 2.30. The molecule has 1 atom stereocenters. The van der Waals surface area contributed by atoms with Gasteiger partial charge in [0.1, 0.15) is 0 Å². The van der Waals surface area contributed by atoms with Crippen molar-refractivity contribution in [1.29, 1.82) is 0 Å². The lowest BCUT2D eigenvalue weighted by Gasteiger charge is -2.24. The predicted octanol–water partition coefficient (Wildman–Crippen LogP) is 4.35. The van der Waals surface area contributed by atoms with Gasteiger partial charge in [0.2, 0.25) is 11.9 Å². The number of rotatable bonds is 10. The molecule has 1 aliphatic heterocycles. The molecule has 210 valence electrons. The molecule has 0 saturated carbocycles. The third-order valence-corrected chi connectivity index (χ3v) is 7.95. The van der Waals surface area contributed by atoms with E-state index in [4.69, 9.17) is 9.40 Å². The van der Waals surface area contributed by atoms with Gasteiger partial charge in [-0.2, -0.15) is 0 Å². The summed E-state index contributed by atoms with van der Waals surface area (Å²) in [5.74, 6) is 1.24. The Kier molecular flexibility index (Phi) is 7.88. The molecule has 4 aromatic rings. The van der Waals surface area contributed by atoms with Crippen LogP contribution in [0.3, 0.4) is 0 Å². The fourth-order valence-corrected chi connectivity index (χ4v) is 5.80. The molecule has 4 heterocycles. The lowest BCUT2D eigenvalue weighted by atomic mass is 10.1. The second-order valence-electron chi connectivity index (χ2n) is 10.7. The molecule has 0 aliphatic carbocycles. The summed E-state index contributed by atoms with van der Waals surface area (Å²) in [6, 6.07) is 9.55. The Morgan fingerprint density at radius 3 is 2.85 bits per heavy atom. The zero-order valence-electron chi connectivity index (χ0n) is 22.9. The molecule has 2 amide bonds. The van der Waals surface area contributed by atoms with Gasteiger partial charge in [0.15, 0.2) is 11.7 Å². The molecule has 1 aromatic carbocycles. The van der Waals surface area contributed by atoms with Crippen LogP contribution in [0.5, 0.6) is 0 Å². The van der Waals surface area contributed by atoms with E-state index in [0.717, 1.165) is 34.3 Å². The van der Waals surface area contributed by atoms with Crippen molar-refractivity contribution in [2.45, 2.75) is 58.3 Å². The van der Waals surface area contributed by atoms with Gasteiger partial charge in [-0.15, -0.1) is 11.3 Å². The number of anilines is 1. The van der Waals surface area contributed by atoms with E-state index in [1.54, 1.807) is 33.0 Å². The second-order valence-corrected chi connectivity index (χ2v) is 11.8. The molecule has 1 saturated heterocycles. The van der Waals surface area contributed by atoms with E-state index >= 15 is 0 Å². The Morgan fingerprint density at radius 2 is 2.12 bits per heavy atom. The Morgan fingerprint density at radius 1 is 1.30 bits per heavy atom. The van der Waals surface area contributed by atoms with Gasteiger partial charge >= 0.3 is 0 Å². The third kappa shape index (κ3) is 6.16. The van der Waals surface area contributed by atoms with Gasteiger partial charge in [-0.05, 0) is 62.6 Å². The van der Waals surface area contributed by atoms with Gasteiger partial charge in [-0.3, -0.25) is 14.9 Å². The molecule has 1 aliphatic rings. The van der Waals surface area contributed by atoms with Crippen molar-refractivity contribution in [3.63, 3.8) is 0 Å². The Balaban J connectivity index is 1.43. The molecule has 10 nitrogen and oxygen atoms in total. The van der Waals surface area contributed by atoms with Crippen molar-refractivity contribution in [3.05, 3.63) is 65.5 Å². The molecule has 0 unspecified atom stereocenters. The fraction of sp³-hybridized carbons (Fsp3) is 0.379. The van der Waals surface area contributed by atoms with Crippen molar-refractivity contribution in [2.24, 2.45) is 0 Å². The average molecular weight is 563 g/mol. The van der Waals surface area contributed by atoms with Crippen LogP contribution in [0.15, 0.2) is 53.6 Å². The number of aliphatic hydroxyl groups is 1. The number of hydrogen-bond donors (Lipinski definition) is 3. The van der Waals surface area contributed by atoms with Gasteiger partial charge in [0.05, 0.1) is 38.6 Å². The Labute approximate surface area is 236 Å². The number of amides is 2. The van der Waals surface area contributed by atoms with Crippen molar-refractivity contribution < 1.29 is 19.1 Å². The maximum absolute atomic E-state index is 13.3. The van der Waals surface area contributed by atoms with Crippen LogP contribution in [-0.2, 0) is 17.9 Å². The van der Waals surface area contributed by atoms with E-state index in [9.17, 15) is 14.7 Å². The first kappa shape index (κ1) is 27.8. The average Bonchev–Trinajstić information content (AvgIpc) is 3.70. The molecule has 11 heteroatoms. The highest BCUT2D eigenvalue weighted by Gasteiger charge is 2.29. The number of aryl methyl sites for hydroxylation is 1. The number of imidazole rings is 1. The largest absolute Gasteiger partial charge is 0.440 e. The number of benzene rings is 1. The summed E-state index contributed by atoms with van der Waals surface area (Å²) in [7, 11) is 0. The number of hydrogen-bond acceptors (Lipinski definition) is 8. The molecule has 5 rings (SSSR count). The maximum Gasteiger partial charge on any atom is 0.268 e. The summed E-state index contributed by atoms with van der Waals surface area (Å²) in [6.45, 7) is 11.1. The van der Waals surface area contributed by atoms with Crippen LogP contribution in [-0.4, -0.2) is 61.1 Å². The van der Waals surface area contributed by atoms with Gasteiger partial charge in [-0.1, -0.05) is 12.6 Å². The molecular formula is C29H34N6O4S. The maximum atomic E-state index is 13.3. The predicted molar refractivity (Wildman–Crippen MR) is 155 cm³/mol. The van der Waals surface area contributed by atoms with E-state index in [1.165, 1.54) is 17.4 Å². The van der Waals surface area contributed by atoms with Crippen LogP contribution in [0.25, 0.3) is 21.7 Å².